The highest BCUT2D eigenvalue weighted by Crippen LogP contribution is 2.44. The molecule has 2 aromatic carbocycles. The molecular formula is C24H27NO4. The Morgan fingerprint density at radius 1 is 0.966 bits per heavy atom. The molecule has 0 spiro atoms. The number of fused-ring (bicyclic) bond motifs is 3. The molecule has 0 radical (unpaired) electrons. The molecule has 0 bridgehead atoms. The average molecular weight is 393 g/mol. The molecule has 2 aliphatic rings. The zero-order valence-electron chi connectivity index (χ0n) is 16.5. The smallest absolute Gasteiger partial charge is 0.407 e. The van der Waals surface area contributed by atoms with Crippen molar-refractivity contribution in [1.82, 2.24) is 5.32 Å². The summed E-state index contributed by atoms with van der Waals surface area (Å²) in [6.07, 6.45) is 4.82. The van der Waals surface area contributed by atoms with Crippen molar-refractivity contribution in [3.63, 3.8) is 0 Å². The molecule has 0 aliphatic heterocycles. The van der Waals surface area contributed by atoms with Crippen LogP contribution in [0.4, 0.5) is 4.79 Å². The van der Waals surface area contributed by atoms with E-state index in [1.807, 2.05) is 24.3 Å². The van der Waals surface area contributed by atoms with Crippen molar-refractivity contribution in [2.75, 3.05) is 6.61 Å². The van der Waals surface area contributed by atoms with Crippen LogP contribution in [-0.2, 0) is 9.53 Å². The van der Waals surface area contributed by atoms with Gasteiger partial charge in [0, 0.05) is 17.9 Å². The second-order valence-corrected chi connectivity index (χ2v) is 8.19. The van der Waals surface area contributed by atoms with E-state index in [4.69, 9.17) is 9.84 Å². The van der Waals surface area contributed by atoms with Crippen LogP contribution in [0.25, 0.3) is 11.1 Å². The van der Waals surface area contributed by atoms with Crippen LogP contribution in [0.3, 0.4) is 0 Å². The van der Waals surface area contributed by atoms with Gasteiger partial charge in [0.2, 0.25) is 0 Å². The molecule has 0 unspecified atom stereocenters. The van der Waals surface area contributed by atoms with Gasteiger partial charge >= 0.3 is 12.1 Å². The lowest BCUT2D eigenvalue weighted by atomic mass is 9.78. The summed E-state index contributed by atoms with van der Waals surface area (Å²) in [7, 11) is 0. The molecule has 0 atom stereocenters. The number of carbonyl (C=O) groups is 2. The maximum absolute atomic E-state index is 12.7. The van der Waals surface area contributed by atoms with E-state index in [0.29, 0.717) is 6.42 Å². The van der Waals surface area contributed by atoms with Gasteiger partial charge in [-0.2, -0.15) is 0 Å². The molecule has 152 valence electrons. The minimum Gasteiger partial charge on any atom is -0.481 e. The lowest BCUT2D eigenvalue weighted by molar-refractivity contribution is -0.137. The minimum atomic E-state index is -0.829. The van der Waals surface area contributed by atoms with Gasteiger partial charge in [0.05, 0.1) is 0 Å². The predicted octanol–water partition coefficient (Wildman–Crippen LogP) is 5.09. The monoisotopic (exact) mass is 393 g/mol. The first kappa shape index (κ1) is 19.5. The molecule has 5 nitrogen and oxygen atoms in total. The lowest BCUT2D eigenvalue weighted by Gasteiger charge is -2.37. The molecule has 1 fully saturated rings. The number of hydrogen-bond donors (Lipinski definition) is 2. The third-order valence-electron chi connectivity index (χ3n) is 6.34. The molecule has 5 heteroatoms. The molecule has 0 saturated heterocycles. The van der Waals surface area contributed by atoms with E-state index >= 15 is 0 Å². The number of carboxylic acid groups (broad SMARTS) is 1. The third-order valence-corrected chi connectivity index (χ3v) is 6.34. The number of ether oxygens (including phenoxy) is 1. The molecule has 1 saturated carbocycles. The van der Waals surface area contributed by atoms with Crippen LogP contribution >= 0.6 is 0 Å². The SMILES string of the molecule is O=C(O)CCC1(NC(=O)OCC2c3ccccc3-c3ccccc32)CCCCC1. The summed E-state index contributed by atoms with van der Waals surface area (Å²) < 4.78 is 5.68. The topological polar surface area (TPSA) is 75.6 Å². The zero-order chi connectivity index (χ0) is 20.3. The summed E-state index contributed by atoms with van der Waals surface area (Å²) in [5.74, 6) is -0.807. The van der Waals surface area contributed by atoms with Gasteiger partial charge in [-0.15, -0.1) is 0 Å². The molecule has 29 heavy (non-hydrogen) atoms. The minimum absolute atomic E-state index is 0.0227. The van der Waals surface area contributed by atoms with E-state index in [-0.39, 0.29) is 18.9 Å². The number of amides is 1. The van der Waals surface area contributed by atoms with Crippen molar-refractivity contribution >= 4 is 12.1 Å². The van der Waals surface area contributed by atoms with E-state index in [2.05, 4.69) is 29.6 Å². The number of rotatable bonds is 6. The summed E-state index contributed by atoms with van der Waals surface area (Å²) in [5.41, 5.74) is 4.29. The fraction of sp³-hybridized carbons (Fsp3) is 0.417. The highest BCUT2D eigenvalue weighted by atomic mass is 16.5. The number of carbonyl (C=O) groups excluding carboxylic acids is 1. The van der Waals surface area contributed by atoms with E-state index in [1.54, 1.807) is 0 Å². The van der Waals surface area contributed by atoms with Crippen LogP contribution in [0, 0.1) is 0 Å². The second kappa shape index (κ2) is 8.27. The van der Waals surface area contributed by atoms with Gasteiger partial charge in [0.25, 0.3) is 0 Å². The van der Waals surface area contributed by atoms with Crippen LogP contribution in [0.1, 0.15) is 62.0 Å². The Bertz CT molecular complexity index is 856. The maximum atomic E-state index is 12.7. The quantitative estimate of drug-likeness (QED) is 0.716. The highest BCUT2D eigenvalue weighted by Gasteiger charge is 2.35. The van der Waals surface area contributed by atoms with Gasteiger partial charge in [0.15, 0.2) is 0 Å². The number of nitrogens with one attached hydrogen (secondary N) is 1. The first-order valence-corrected chi connectivity index (χ1v) is 10.4. The van der Waals surface area contributed by atoms with Crippen LogP contribution in [0.2, 0.25) is 0 Å². The summed E-state index contributed by atoms with van der Waals surface area (Å²) in [5, 5.41) is 12.1. The van der Waals surface area contributed by atoms with Crippen LogP contribution in [0.5, 0.6) is 0 Å². The Balaban J connectivity index is 1.44. The van der Waals surface area contributed by atoms with Crippen molar-refractivity contribution in [3.05, 3.63) is 59.7 Å². The van der Waals surface area contributed by atoms with Gasteiger partial charge < -0.3 is 15.2 Å². The van der Waals surface area contributed by atoms with Crippen molar-refractivity contribution in [1.29, 1.82) is 0 Å². The molecule has 0 aromatic heterocycles. The van der Waals surface area contributed by atoms with Gasteiger partial charge in [0.1, 0.15) is 6.61 Å². The Kier molecular flexibility index (Phi) is 5.56. The highest BCUT2D eigenvalue weighted by molar-refractivity contribution is 5.79. The predicted molar refractivity (Wildman–Crippen MR) is 111 cm³/mol. The first-order valence-electron chi connectivity index (χ1n) is 10.4. The van der Waals surface area contributed by atoms with Gasteiger partial charge in [-0.1, -0.05) is 67.8 Å². The fourth-order valence-electron chi connectivity index (χ4n) is 4.86. The molecule has 1 amide bonds. The molecule has 2 aromatic rings. The normalized spacial score (nSPS) is 17.2. The standard InChI is InChI=1S/C24H27NO4/c26-22(27)12-15-24(13-6-1-7-14-24)25-23(28)29-16-21-19-10-4-2-8-17(19)18-9-3-5-11-20(18)21/h2-5,8-11,21H,1,6-7,12-16H2,(H,25,28)(H,26,27). The first-order chi connectivity index (χ1) is 14.1. The molecule has 2 N–H and O–H groups in total. The maximum Gasteiger partial charge on any atom is 0.407 e. The van der Waals surface area contributed by atoms with Crippen LogP contribution < -0.4 is 5.32 Å². The van der Waals surface area contributed by atoms with Crippen molar-refractivity contribution in [3.8, 4) is 11.1 Å². The summed E-state index contributed by atoms with van der Waals surface area (Å²) in [6, 6.07) is 16.5. The Morgan fingerprint density at radius 3 is 2.14 bits per heavy atom. The molecule has 0 heterocycles. The molecular weight excluding hydrogens is 366 g/mol. The van der Waals surface area contributed by atoms with E-state index in [1.165, 1.54) is 22.3 Å². The zero-order valence-corrected chi connectivity index (χ0v) is 16.5. The Hall–Kier alpha value is -2.82. The fourth-order valence-corrected chi connectivity index (χ4v) is 4.86. The van der Waals surface area contributed by atoms with Gasteiger partial charge in [-0.25, -0.2) is 4.79 Å². The number of carboxylic acids is 1. The molecule has 4 rings (SSSR count). The Labute approximate surface area is 171 Å². The Morgan fingerprint density at radius 2 is 1.55 bits per heavy atom. The van der Waals surface area contributed by atoms with Crippen molar-refractivity contribution in [2.45, 2.75) is 56.4 Å². The third kappa shape index (κ3) is 4.14. The summed E-state index contributed by atoms with van der Waals surface area (Å²) in [4.78, 5) is 23.7. The average Bonchev–Trinajstić information content (AvgIpc) is 3.05. The lowest BCUT2D eigenvalue weighted by Crippen LogP contribution is -2.50. The molecule has 2 aliphatic carbocycles. The number of alkyl carbamates (subject to hydrolysis) is 1. The second-order valence-electron chi connectivity index (χ2n) is 8.19. The van der Waals surface area contributed by atoms with E-state index in [0.717, 1.165) is 32.1 Å². The van der Waals surface area contributed by atoms with Crippen molar-refractivity contribution in [2.24, 2.45) is 0 Å². The van der Waals surface area contributed by atoms with E-state index in [9.17, 15) is 9.59 Å². The van der Waals surface area contributed by atoms with Gasteiger partial charge in [-0.3, -0.25) is 4.79 Å². The van der Waals surface area contributed by atoms with Gasteiger partial charge in [-0.05, 0) is 41.5 Å². The number of aliphatic carboxylic acids is 1. The summed E-state index contributed by atoms with van der Waals surface area (Å²) >= 11 is 0. The number of hydrogen-bond acceptors (Lipinski definition) is 3. The number of benzene rings is 2. The van der Waals surface area contributed by atoms with Crippen LogP contribution in [0.15, 0.2) is 48.5 Å². The summed E-state index contributed by atoms with van der Waals surface area (Å²) in [6.45, 7) is 0.273. The van der Waals surface area contributed by atoms with Crippen molar-refractivity contribution < 1.29 is 19.4 Å². The largest absolute Gasteiger partial charge is 0.481 e. The van der Waals surface area contributed by atoms with Crippen LogP contribution in [-0.4, -0.2) is 29.3 Å². The van der Waals surface area contributed by atoms with E-state index < -0.39 is 17.6 Å².